The Kier molecular flexibility index (Phi) is 6.43. The molecular formula is C21H17Cl2N2O4S2+. The lowest BCUT2D eigenvalue weighted by Crippen LogP contribution is -2.36. The second-order valence-corrected chi connectivity index (χ2v) is 9.84. The first-order chi connectivity index (χ1) is 14.8. The van der Waals surface area contributed by atoms with Crippen molar-refractivity contribution in [1.29, 1.82) is 0 Å². The number of rotatable bonds is 7. The number of carboxylic acid groups (broad SMARTS) is 2. The number of aryl methyl sites for hydroxylation is 1. The fraction of sp³-hybridized carbons (Fsp3) is 0.190. The topological polar surface area (TPSA) is 81.7 Å². The lowest BCUT2D eigenvalue weighted by atomic mass is 10.2. The van der Waals surface area contributed by atoms with Gasteiger partial charge in [0.05, 0.1) is 23.2 Å². The first-order valence-corrected chi connectivity index (χ1v) is 11.7. The highest BCUT2D eigenvalue weighted by molar-refractivity contribution is 8.03. The van der Waals surface area contributed by atoms with E-state index in [1.165, 1.54) is 23.1 Å². The summed E-state index contributed by atoms with van der Waals surface area (Å²) in [5.41, 5.74) is 1.73. The standard InChI is InChI=1S/C21H16Cl2N2O4S2/c22-12-1-3-16-14(9-12)24(7-5-20(26)27)18(30-16)11-19-25(8-6-21(28)29)15-10-13(23)2-4-17(15)31-19/h1-4,9-11H,5-8H2,(H-,26,27,28,29)/p+1. The van der Waals surface area contributed by atoms with E-state index in [4.69, 9.17) is 23.2 Å². The molecule has 6 nitrogen and oxygen atoms in total. The number of benzene rings is 2. The quantitative estimate of drug-likeness (QED) is 0.429. The lowest BCUT2D eigenvalue weighted by molar-refractivity contribution is -0.667. The molecule has 31 heavy (non-hydrogen) atoms. The highest BCUT2D eigenvalue weighted by Crippen LogP contribution is 2.47. The molecular weight excluding hydrogens is 479 g/mol. The molecule has 3 aromatic rings. The van der Waals surface area contributed by atoms with Gasteiger partial charge in [0.25, 0.3) is 5.01 Å². The number of thiazole rings is 1. The molecule has 2 heterocycles. The zero-order valence-electron chi connectivity index (χ0n) is 16.0. The highest BCUT2D eigenvalue weighted by atomic mass is 35.5. The van der Waals surface area contributed by atoms with Crippen LogP contribution in [0.15, 0.2) is 46.3 Å². The number of hydrogen-bond acceptors (Lipinski definition) is 5. The van der Waals surface area contributed by atoms with Crippen LogP contribution in [-0.4, -0.2) is 28.7 Å². The number of aromatic nitrogens is 1. The van der Waals surface area contributed by atoms with E-state index >= 15 is 0 Å². The van der Waals surface area contributed by atoms with Gasteiger partial charge in [-0.3, -0.25) is 9.59 Å². The number of thioether (sulfide) groups is 1. The zero-order chi connectivity index (χ0) is 22.1. The summed E-state index contributed by atoms with van der Waals surface area (Å²) >= 11 is 15.4. The van der Waals surface area contributed by atoms with Gasteiger partial charge >= 0.3 is 11.9 Å². The number of carboxylic acids is 2. The molecule has 0 spiro atoms. The van der Waals surface area contributed by atoms with Gasteiger partial charge in [0.15, 0.2) is 6.54 Å². The minimum Gasteiger partial charge on any atom is -0.481 e. The average Bonchev–Trinajstić information content (AvgIpc) is 3.21. The Morgan fingerprint density at radius 2 is 1.74 bits per heavy atom. The molecule has 0 atom stereocenters. The third-order valence-corrected chi connectivity index (χ3v) is 7.43. The number of carbonyl (C=O) groups is 2. The Balaban J connectivity index is 1.79. The Morgan fingerprint density at radius 1 is 1.03 bits per heavy atom. The molecule has 0 amide bonds. The number of nitrogens with zero attached hydrogens (tertiary/aromatic N) is 2. The number of halogens is 2. The van der Waals surface area contributed by atoms with E-state index in [1.807, 2.05) is 39.8 Å². The zero-order valence-corrected chi connectivity index (χ0v) is 19.2. The maximum Gasteiger partial charge on any atom is 0.309 e. The van der Waals surface area contributed by atoms with Crippen molar-refractivity contribution in [2.75, 3.05) is 11.4 Å². The molecule has 160 valence electrons. The number of hydrogen-bond donors (Lipinski definition) is 2. The van der Waals surface area contributed by atoms with Crippen LogP contribution >= 0.6 is 46.3 Å². The van der Waals surface area contributed by atoms with Gasteiger partial charge in [-0.1, -0.05) is 46.3 Å². The van der Waals surface area contributed by atoms with E-state index in [2.05, 4.69) is 0 Å². The van der Waals surface area contributed by atoms with E-state index in [1.54, 1.807) is 12.1 Å². The van der Waals surface area contributed by atoms with Crippen LogP contribution in [0.1, 0.15) is 17.8 Å². The SMILES string of the molecule is O=C(O)CCN1C(=Cc2sc3ccc(Cl)cc3[n+]2CCC(=O)O)Sc2ccc(Cl)cc21. The monoisotopic (exact) mass is 495 g/mol. The second kappa shape index (κ2) is 9.08. The Bertz CT molecular complexity index is 1230. The number of anilines is 1. The largest absolute Gasteiger partial charge is 0.481 e. The van der Waals surface area contributed by atoms with Gasteiger partial charge < -0.3 is 15.1 Å². The van der Waals surface area contributed by atoms with Gasteiger partial charge in [-0.25, -0.2) is 0 Å². The fourth-order valence-corrected chi connectivity index (χ4v) is 5.96. The van der Waals surface area contributed by atoms with Gasteiger partial charge in [0, 0.05) is 27.6 Å². The summed E-state index contributed by atoms with van der Waals surface area (Å²) in [4.78, 5) is 25.3. The molecule has 0 fully saturated rings. The van der Waals surface area contributed by atoms with Crippen LogP contribution in [-0.2, 0) is 16.1 Å². The predicted octanol–water partition coefficient (Wildman–Crippen LogP) is 5.36. The maximum absolute atomic E-state index is 11.2. The van der Waals surface area contributed by atoms with Crippen molar-refractivity contribution in [2.24, 2.45) is 0 Å². The molecule has 0 bridgehead atoms. The molecule has 1 aliphatic rings. The smallest absolute Gasteiger partial charge is 0.309 e. The molecule has 0 unspecified atom stereocenters. The van der Waals surface area contributed by atoms with Gasteiger partial charge in [-0.15, -0.1) is 0 Å². The van der Waals surface area contributed by atoms with Crippen molar-refractivity contribution >= 4 is 80.2 Å². The van der Waals surface area contributed by atoms with Crippen molar-refractivity contribution in [1.82, 2.24) is 0 Å². The predicted molar refractivity (Wildman–Crippen MR) is 124 cm³/mol. The van der Waals surface area contributed by atoms with Crippen LogP contribution in [0.5, 0.6) is 0 Å². The molecule has 0 aliphatic carbocycles. The first kappa shape index (κ1) is 22.0. The van der Waals surface area contributed by atoms with Crippen LogP contribution in [0.25, 0.3) is 16.3 Å². The highest BCUT2D eigenvalue weighted by Gasteiger charge is 2.29. The van der Waals surface area contributed by atoms with Gasteiger partial charge in [-0.2, -0.15) is 4.57 Å². The maximum atomic E-state index is 11.2. The minimum atomic E-state index is -0.882. The van der Waals surface area contributed by atoms with Crippen LogP contribution in [0, 0.1) is 0 Å². The number of aliphatic carboxylic acids is 2. The lowest BCUT2D eigenvalue weighted by Gasteiger charge is -2.19. The molecule has 2 aromatic carbocycles. The number of fused-ring (bicyclic) bond motifs is 2. The van der Waals surface area contributed by atoms with Gasteiger partial charge in [0.2, 0.25) is 5.52 Å². The molecule has 10 heteroatoms. The van der Waals surface area contributed by atoms with E-state index < -0.39 is 11.9 Å². The molecule has 0 saturated carbocycles. The average molecular weight is 496 g/mol. The normalized spacial score (nSPS) is 14.4. The van der Waals surface area contributed by atoms with E-state index in [0.29, 0.717) is 23.1 Å². The van der Waals surface area contributed by atoms with Crippen LogP contribution in [0.2, 0.25) is 10.0 Å². The molecule has 1 aromatic heterocycles. The van der Waals surface area contributed by atoms with Crippen molar-refractivity contribution < 1.29 is 24.4 Å². The van der Waals surface area contributed by atoms with Crippen LogP contribution in [0.3, 0.4) is 0 Å². The molecule has 2 N–H and O–H groups in total. The first-order valence-electron chi connectivity index (χ1n) is 9.34. The Morgan fingerprint density at radius 3 is 2.48 bits per heavy atom. The molecule has 0 saturated heterocycles. The summed E-state index contributed by atoms with van der Waals surface area (Å²) in [5.74, 6) is -1.76. The summed E-state index contributed by atoms with van der Waals surface area (Å²) in [6.07, 6.45) is 1.93. The third kappa shape index (κ3) is 4.82. The van der Waals surface area contributed by atoms with E-state index in [9.17, 15) is 19.8 Å². The van der Waals surface area contributed by atoms with Crippen molar-refractivity contribution in [3.05, 3.63) is 56.5 Å². The van der Waals surface area contributed by atoms with Crippen LogP contribution in [0.4, 0.5) is 5.69 Å². The summed E-state index contributed by atoms with van der Waals surface area (Å²) in [6, 6.07) is 11.1. The van der Waals surface area contributed by atoms with Crippen LogP contribution < -0.4 is 9.47 Å². The Hall–Kier alpha value is -2.26. The molecule has 1 aliphatic heterocycles. The minimum absolute atomic E-state index is 0.0229. The summed E-state index contributed by atoms with van der Waals surface area (Å²) < 4.78 is 2.93. The van der Waals surface area contributed by atoms with E-state index in [-0.39, 0.29) is 12.8 Å². The molecule has 4 rings (SSSR count). The molecule has 0 radical (unpaired) electrons. The third-order valence-electron chi connectivity index (χ3n) is 4.73. The summed E-state index contributed by atoms with van der Waals surface area (Å²) in [6.45, 7) is 0.598. The van der Waals surface area contributed by atoms with E-state index in [0.717, 1.165) is 30.8 Å². The van der Waals surface area contributed by atoms with Gasteiger partial charge in [0.1, 0.15) is 11.1 Å². The second-order valence-electron chi connectivity index (χ2n) is 6.84. The van der Waals surface area contributed by atoms with Crippen molar-refractivity contribution in [3.63, 3.8) is 0 Å². The summed E-state index contributed by atoms with van der Waals surface area (Å²) in [7, 11) is 0. The van der Waals surface area contributed by atoms with Crippen molar-refractivity contribution in [2.45, 2.75) is 24.3 Å². The summed E-state index contributed by atoms with van der Waals surface area (Å²) in [5, 5.41) is 21.3. The van der Waals surface area contributed by atoms with Crippen molar-refractivity contribution in [3.8, 4) is 0 Å². The van der Waals surface area contributed by atoms with Gasteiger partial charge in [-0.05, 0) is 30.3 Å². The fourth-order valence-electron chi connectivity index (χ4n) is 3.35. The Labute approximate surface area is 196 Å².